The van der Waals surface area contributed by atoms with Gasteiger partial charge in [0.25, 0.3) is 0 Å². The van der Waals surface area contributed by atoms with Crippen molar-refractivity contribution in [1.29, 1.82) is 0 Å². The summed E-state index contributed by atoms with van der Waals surface area (Å²) in [6.45, 7) is 30.5. The average Bonchev–Trinajstić information content (AvgIpc) is 3.52. The van der Waals surface area contributed by atoms with Crippen LogP contribution in [0.4, 0.5) is 0 Å². The Hall–Kier alpha value is -4.24. The number of benzene rings is 5. The lowest BCUT2D eigenvalue weighted by atomic mass is 9.45. The summed E-state index contributed by atoms with van der Waals surface area (Å²) < 4.78 is 5.36. The lowest BCUT2D eigenvalue weighted by molar-refractivity contribution is 0.590. The maximum Gasteiger partial charge on any atom is 0.333 e. The third-order valence-corrected chi connectivity index (χ3v) is 11.9. The number of hydrogen-bond donors (Lipinski definition) is 0. The van der Waals surface area contributed by atoms with Gasteiger partial charge in [0.1, 0.15) is 0 Å². The summed E-state index contributed by atoms with van der Waals surface area (Å²) in [5.74, 6) is 0. The van der Waals surface area contributed by atoms with Gasteiger partial charge >= 0.3 is 6.85 Å². The van der Waals surface area contributed by atoms with E-state index in [-0.39, 0.29) is 28.5 Å². The first kappa shape index (κ1) is 31.7. The highest BCUT2D eigenvalue weighted by Gasteiger charge is 2.43. The average molecular weight is 655 g/mol. The van der Waals surface area contributed by atoms with Crippen molar-refractivity contribution in [2.45, 2.75) is 112 Å². The molecular formula is C47H51BN2. The Morgan fingerprint density at radius 1 is 0.460 bits per heavy atom. The second-order valence-corrected chi connectivity index (χ2v) is 19.7. The molecule has 0 atom stereocenters. The molecule has 0 saturated carbocycles. The van der Waals surface area contributed by atoms with Crippen LogP contribution in [0.2, 0.25) is 0 Å². The normalized spacial score (nSPS) is 14.5. The molecule has 50 heavy (non-hydrogen) atoms. The molecule has 0 fully saturated rings. The van der Waals surface area contributed by atoms with E-state index >= 15 is 0 Å². The monoisotopic (exact) mass is 654 g/mol. The van der Waals surface area contributed by atoms with Gasteiger partial charge in [-0.2, -0.15) is 0 Å². The summed E-state index contributed by atoms with van der Waals surface area (Å²) in [6, 6.07) is 29.6. The Balaban J connectivity index is 1.53. The van der Waals surface area contributed by atoms with E-state index < -0.39 is 0 Å². The molecule has 0 saturated heterocycles. The maximum atomic E-state index is 2.74. The standard InChI is InChI=1S/C47H51BN2/c1-26-18-33-36-23-29(46(8,9)10)22-34-32-21-28(45(5,6)7)15-17-39(32)50(42(34)36)48-37-25-30(47(11,12)13)24-35-31-20-27(44(2,3)4)14-16-38(31)49(43(35)37)40(19-26)41(33)48/h14-25H,1-13H3. The van der Waals surface area contributed by atoms with Crippen LogP contribution in [0.1, 0.15) is 111 Å². The number of aromatic nitrogens is 2. The van der Waals surface area contributed by atoms with Gasteiger partial charge < -0.3 is 9.05 Å². The first-order valence-corrected chi connectivity index (χ1v) is 18.6. The fourth-order valence-corrected chi connectivity index (χ4v) is 8.99. The largest absolute Gasteiger partial charge is 0.375 e. The van der Waals surface area contributed by atoms with Crippen LogP contribution in [-0.2, 0) is 21.7 Å². The van der Waals surface area contributed by atoms with Crippen LogP contribution in [0.15, 0.2) is 72.8 Å². The van der Waals surface area contributed by atoms with Gasteiger partial charge in [0, 0.05) is 43.8 Å². The van der Waals surface area contributed by atoms with E-state index in [2.05, 4.69) is 172 Å². The number of aryl methyl sites for hydroxylation is 1. The van der Waals surface area contributed by atoms with E-state index in [4.69, 9.17) is 0 Å². The van der Waals surface area contributed by atoms with E-state index in [1.807, 2.05) is 0 Å². The second-order valence-electron chi connectivity index (χ2n) is 19.7. The van der Waals surface area contributed by atoms with Crippen LogP contribution in [0.3, 0.4) is 0 Å². The highest BCUT2D eigenvalue weighted by Crippen LogP contribution is 2.46. The minimum absolute atomic E-state index is 0.000997. The van der Waals surface area contributed by atoms with Gasteiger partial charge in [-0.25, -0.2) is 0 Å². The van der Waals surface area contributed by atoms with E-state index in [9.17, 15) is 0 Å². The first-order valence-electron chi connectivity index (χ1n) is 18.6. The molecule has 0 amide bonds. The second kappa shape index (κ2) is 9.55. The molecule has 7 aromatic rings. The third kappa shape index (κ3) is 4.22. The van der Waals surface area contributed by atoms with Gasteiger partial charge in [0.2, 0.25) is 0 Å². The van der Waals surface area contributed by atoms with Gasteiger partial charge in [0.15, 0.2) is 0 Å². The lowest BCUT2D eigenvalue weighted by Gasteiger charge is -2.35. The maximum absolute atomic E-state index is 2.74. The molecule has 0 N–H and O–H groups in total. The van der Waals surface area contributed by atoms with E-state index in [0.29, 0.717) is 0 Å². The van der Waals surface area contributed by atoms with Crippen molar-refractivity contribution in [2.24, 2.45) is 0 Å². The first-order chi connectivity index (χ1) is 23.2. The van der Waals surface area contributed by atoms with Crippen molar-refractivity contribution >= 4 is 61.4 Å². The van der Waals surface area contributed by atoms with Gasteiger partial charge in [-0.05, 0) is 121 Å². The van der Waals surface area contributed by atoms with Gasteiger partial charge in [-0.3, -0.25) is 0 Å². The van der Waals surface area contributed by atoms with Crippen molar-refractivity contribution in [3.63, 3.8) is 0 Å². The third-order valence-electron chi connectivity index (χ3n) is 11.9. The van der Waals surface area contributed by atoms with Crippen molar-refractivity contribution < 1.29 is 0 Å². The fourth-order valence-electron chi connectivity index (χ4n) is 8.99. The Labute approximate surface area is 298 Å². The van der Waals surface area contributed by atoms with Crippen molar-refractivity contribution in [3.05, 3.63) is 101 Å². The van der Waals surface area contributed by atoms with E-state index in [1.165, 1.54) is 99.2 Å². The summed E-state index contributed by atoms with van der Waals surface area (Å²) in [5.41, 5.74) is 19.3. The highest BCUT2D eigenvalue weighted by molar-refractivity contribution is 6.90. The molecule has 0 radical (unpaired) electrons. The summed E-state index contributed by atoms with van der Waals surface area (Å²) in [4.78, 5) is 0. The number of fused-ring (bicyclic) bond motifs is 10. The van der Waals surface area contributed by atoms with E-state index in [1.54, 1.807) is 0 Å². The lowest BCUT2D eigenvalue weighted by Crippen LogP contribution is -2.55. The van der Waals surface area contributed by atoms with Gasteiger partial charge in [-0.1, -0.05) is 107 Å². The molecule has 5 aromatic carbocycles. The highest BCUT2D eigenvalue weighted by atomic mass is 15.0. The molecule has 2 aliphatic rings. The SMILES string of the molecule is Cc1cc2c3c(c1)-n1c4ccc(C(C)(C)C)cc4c4cc(C(C)(C)C)cc(c41)B3n1c3ccc(C(C)(C)C)cc3c3cc(C(C)(C)C)cc-2c31. The minimum Gasteiger partial charge on any atom is -0.375 e. The molecule has 0 aliphatic carbocycles. The topological polar surface area (TPSA) is 9.86 Å². The molecular weight excluding hydrogens is 603 g/mol. The Morgan fingerprint density at radius 2 is 0.960 bits per heavy atom. The molecule has 252 valence electrons. The van der Waals surface area contributed by atoms with Crippen molar-refractivity contribution in [2.75, 3.05) is 0 Å². The van der Waals surface area contributed by atoms with Gasteiger partial charge in [0.05, 0.1) is 11.0 Å². The summed E-state index contributed by atoms with van der Waals surface area (Å²) >= 11 is 0. The number of nitrogens with zero attached hydrogens (tertiary/aromatic N) is 2. The predicted molar refractivity (Wildman–Crippen MR) is 219 cm³/mol. The Bertz CT molecular complexity index is 2630. The van der Waals surface area contributed by atoms with Gasteiger partial charge in [-0.15, -0.1) is 0 Å². The zero-order valence-electron chi connectivity index (χ0n) is 32.4. The van der Waals surface area contributed by atoms with Crippen LogP contribution in [0.25, 0.3) is 60.4 Å². The molecule has 2 aromatic heterocycles. The molecule has 0 spiro atoms. The number of hydrogen-bond acceptors (Lipinski definition) is 0. The Kier molecular flexibility index (Phi) is 6.06. The summed E-state index contributed by atoms with van der Waals surface area (Å²) in [5, 5.41) is 5.48. The summed E-state index contributed by atoms with van der Waals surface area (Å²) in [6.07, 6.45) is 0. The fraction of sp³-hybridized carbons (Fsp3) is 0.362. The zero-order valence-corrected chi connectivity index (χ0v) is 32.4. The van der Waals surface area contributed by atoms with E-state index in [0.717, 1.165) is 0 Å². The Morgan fingerprint density at radius 3 is 1.54 bits per heavy atom. The molecule has 0 bridgehead atoms. The zero-order chi connectivity index (χ0) is 35.6. The quantitative estimate of drug-likeness (QED) is 0.144. The van der Waals surface area contributed by atoms with Crippen molar-refractivity contribution in [3.8, 4) is 16.8 Å². The molecule has 9 rings (SSSR count). The molecule has 3 heteroatoms. The molecule has 0 unspecified atom stereocenters. The van der Waals surface area contributed by atoms with Crippen LogP contribution in [0.5, 0.6) is 0 Å². The predicted octanol–water partition coefficient (Wildman–Crippen LogP) is 11.3. The van der Waals surface area contributed by atoms with Crippen LogP contribution < -0.4 is 10.9 Å². The molecule has 2 nitrogen and oxygen atoms in total. The number of rotatable bonds is 0. The molecule has 2 aliphatic heterocycles. The summed E-state index contributed by atoms with van der Waals surface area (Å²) in [7, 11) is 0. The van der Waals surface area contributed by atoms with Crippen LogP contribution in [-0.4, -0.2) is 15.9 Å². The van der Waals surface area contributed by atoms with Crippen molar-refractivity contribution in [1.82, 2.24) is 9.05 Å². The molecule has 4 heterocycles. The van der Waals surface area contributed by atoms with Crippen LogP contribution >= 0.6 is 0 Å². The smallest absolute Gasteiger partial charge is 0.333 e. The van der Waals surface area contributed by atoms with Crippen LogP contribution in [0, 0.1) is 6.92 Å². The minimum atomic E-state index is 0.000997.